The van der Waals surface area contributed by atoms with E-state index in [-0.39, 0.29) is 5.41 Å². The predicted molar refractivity (Wildman–Crippen MR) is 80.1 cm³/mol. The molecule has 1 aromatic carbocycles. The van der Waals surface area contributed by atoms with Gasteiger partial charge in [0.05, 0.1) is 0 Å². The average Bonchev–Trinajstić information content (AvgIpc) is 2.62. The van der Waals surface area contributed by atoms with Crippen molar-refractivity contribution < 1.29 is 4.79 Å². The molecule has 0 radical (unpaired) electrons. The van der Waals surface area contributed by atoms with Crippen molar-refractivity contribution >= 4 is 12.0 Å². The summed E-state index contributed by atoms with van der Waals surface area (Å²) in [5, 5.41) is 3.45. The van der Waals surface area contributed by atoms with Crippen LogP contribution in [0.1, 0.15) is 26.3 Å². The first-order valence-corrected chi connectivity index (χ1v) is 6.43. The van der Waals surface area contributed by atoms with Gasteiger partial charge < -0.3 is 5.32 Å². The van der Waals surface area contributed by atoms with Crippen molar-refractivity contribution in [3.05, 3.63) is 65.4 Å². The lowest BCUT2D eigenvalue weighted by atomic mass is 9.84. The highest BCUT2D eigenvalue weighted by atomic mass is 16.1. The molecular weight excluding hydrogens is 234 g/mol. The summed E-state index contributed by atoms with van der Waals surface area (Å²) in [6.45, 7) is 6.32. The Labute approximate surface area is 114 Å². The van der Waals surface area contributed by atoms with Crippen LogP contribution in [0.2, 0.25) is 0 Å². The average molecular weight is 253 g/mol. The Morgan fingerprint density at radius 1 is 1.26 bits per heavy atom. The third-order valence-electron chi connectivity index (χ3n) is 3.50. The number of carbonyl (C=O) groups excluding carboxylic acids is 1. The van der Waals surface area contributed by atoms with Crippen molar-refractivity contribution in [2.24, 2.45) is 0 Å². The number of allylic oxidation sites excluding steroid dienone is 6. The van der Waals surface area contributed by atoms with Gasteiger partial charge >= 0.3 is 0 Å². The molecule has 0 unspecified atom stereocenters. The molecule has 1 aliphatic rings. The van der Waals surface area contributed by atoms with Crippen molar-refractivity contribution in [2.75, 3.05) is 5.32 Å². The van der Waals surface area contributed by atoms with Crippen LogP contribution in [0.4, 0.5) is 5.69 Å². The fourth-order valence-corrected chi connectivity index (χ4v) is 2.29. The SMILES string of the molecule is CC(/C=C/C=C1/Nc2ccccc2C1(C)C)=C\C=O. The van der Waals surface area contributed by atoms with Crippen molar-refractivity contribution in [2.45, 2.75) is 26.2 Å². The highest BCUT2D eigenvalue weighted by Gasteiger charge is 2.33. The van der Waals surface area contributed by atoms with Crippen LogP contribution < -0.4 is 5.32 Å². The minimum absolute atomic E-state index is 0.0107. The molecule has 0 aromatic heterocycles. The number of anilines is 1. The third kappa shape index (κ3) is 2.68. The van der Waals surface area contributed by atoms with E-state index in [2.05, 4.69) is 43.4 Å². The number of para-hydroxylation sites is 1. The van der Waals surface area contributed by atoms with E-state index in [4.69, 9.17) is 0 Å². The lowest BCUT2D eigenvalue weighted by Gasteiger charge is -2.19. The summed E-state index contributed by atoms with van der Waals surface area (Å²) in [6, 6.07) is 8.36. The zero-order chi connectivity index (χ0) is 13.9. The monoisotopic (exact) mass is 253 g/mol. The van der Waals surface area contributed by atoms with Gasteiger partial charge in [-0.2, -0.15) is 0 Å². The minimum atomic E-state index is -0.0107. The second-order valence-electron chi connectivity index (χ2n) is 5.28. The van der Waals surface area contributed by atoms with E-state index < -0.39 is 0 Å². The molecule has 0 saturated carbocycles. The molecule has 1 heterocycles. The fourth-order valence-electron chi connectivity index (χ4n) is 2.29. The Hall–Kier alpha value is -2.09. The maximum Gasteiger partial charge on any atom is 0.143 e. The van der Waals surface area contributed by atoms with Crippen molar-refractivity contribution in [1.82, 2.24) is 0 Å². The van der Waals surface area contributed by atoms with Crippen molar-refractivity contribution in [1.29, 1.82) is 0 Å². The number of carbonyl (C=O) groups is 1. The summed E-state index contributed by atoms with van der Waals surface area (Å²) < 4.78 is 0. The number of hydrogen-bond acceptors (Lipinski definition) is 2. The molecule has 0 atom stereocenters. The molecule has 98 valence electrons. The van der Waals surface area contributed by atoms with Crippen LogP contribution in [0.5, 0.6) is 0 Å². The van der Waals surface area contributed by atoms with Gasteiger partial charge in [-0.1, -0.05) is 44.2 Å². The molecule has 2 rings (SSSR count). The lowest BCUT2D eigenvalue weighted by Crippen LogP contribution is -2.16. The van der Waals surface area contributed by atoms with Crippen LogP contribution >= 0.6 is 0 Å². The molecule has 1 aliphatic heterocycles. The predicted octanol–water partition coefficient (Wildman–Crippen LogP) is 3.98. The van der Waals surface area contributed by atoms with Gasteiger partial charge in [0.1, 0.15) is 6.29 Å². The summed E-state index contributed by atoms with van der Waals surface area (Å²) in [7, 11) is 0. The first-order valence-electron chi connectivity index (χ1n) is 6.43. The van der Waals surface area contributed by atoms with E-state index in [1.54, 1.807) is 6.08 Å². The van der Waals surface area contributed by atoms with Crippen LogP contribution in [-0.2, 0) is 10.2 Å². The first kappa shape index (κ1) is 13.3. The van der Waals surface area contributed by atoms with Gasteiger partial charge in [-0.3, -0.25) is 4.79 Å². The van der Waals surface area contributed by atoms with Gasteiger partial charge in [-0.15, -0.1) is 0 Å². The molecule has 0 fully saturated rings. The van der Waals surface area contributed by atoms with Crippen LogP contribution in [0, 0.1) is 0 Å². The number of fused-ring (bicyclic) bond motifs is 1. The zero-order valence-corrected chi connectivity index (χ0v) is 11.6. The van der Waals surface area contributed by atoms with Crippen LogP contribution in [0.3, 0.4) is 0 Å². The molecule has 1 aromatic rings. The topological polar surface area (TPSA) is 29.1 Å². The molecule has 0 spiro atoms. The lowest BCUT2D eigenvalue weighted by molar-refractivity contribution is -0.104. The number of nitrogens with one attached hydrogen (secondary N) is 1. The smallest absolute Gasteiger partial charge is 0.143 e. The van der Waals surface area contributed by atoms with Crippen molar-refractivity contribution in [3.8, 4) is 0 Å². The first-order chi connectivity index (χ1) is 9.05. The van der Waals surface area contributed by atoms with Crippen LogP contribution in [-0.4, -0.2) is 6.29 Å². The Morgan fingerprint density at radius 2 is 2.00 bits per heavy atom. The zero-order valence-electron chi connectivity index (χ0n) is 11.6. The maximum atomic E-state index is 10.3. The van der Waals surface area contributed by atoms with Gasteiger partial charge in [0, 0.05) is 16.8 Å². The summed E-state index contributed by atoms with van der Waals surface area (Å²) in [5.74, 6) is 0. The number of hydrogen-bond donors (Lipinski definition) is 1. The fraction of sp³-hybridized carbons (Fsp3) is 0.235. The Bertz CT molecular complexity index is 577. The summed E-state index contributed by atoms with van der Waals surface area (Å²) >= 11 is 0. The third-order valence-corrected chi connectivity index (χ3v) is 3.50. The highest BCUT2D eigenvalue weighted by molar-refractivity contribution is 5.68. The highest BCUT2D eigenvalue weighted by Crippen LogP contribution is 2.42. The molecule has 2 nitrogen and oxygen atoms in total. The van der Waals surface area contributed by atoms with Crippen molar-refractivity contribution in [3.63, 3.8) is 0 Å². The van der Waals surface area contributed by atoms with Gasteiger partial charge in [0.15, 0.2) is 0 Å². The summed E-state index contributed by atoms with van der Waals surface area (Å²) in [5.41, 5.74) is 4.59. The van der Waals surface area contributed by atoms with E-state index in [9.17, 15) is 4.79 Å². The van der Waals surface area contributed by atoms with E-state index in [1.807, 2.05) is 25.1 Å². The number of benzene rings is 1. The van der Waals surface area contributed by atoms with Gasteiger partial charge in [0.25, 0.3) is 0 Å². The number of aldehydes is 1. The number of rotatable bonds is 3. The van der Waals surface area contributed by atoms with E-state index in [0.717, 1.165) is 11.9 Å². The standard InChI is InChI=1S/C17H19NO/c1-13(11-12-19)7-6-10-16-17(2,3)14-8-4-5-9-15(14)18-16/h4-12,18H,1-3H3/b7-6+,13-11+,16-10+. The summed E-state index contributed by atoms with van der Waals surface area (Å²) in [4.78, 5) is 10.3. The Balaban J connectivity index is 2.25. The Kier molecular flexibility index (Phi) is 3.70. The van der Waals surface area contributed by atoms with E-state index in [1.165, 1.54) is 16.9 Å². The molecule has 0 bridgehead atoms. The molecule has 0 aliphatic carbocycles. The summed E-state index contributed by atoms with van der Waals surface area (Å²) in [6.07, 6.45) is 8.34. The van der Waals surface area contributed by atoms with Gasteiger partial charge in [-0.25, -0.2) is 0 Å². The molecule has 0 saturated heterocycles. The van der Waals surface area contributed by atoms with Gasteiger partial charge in [0.2, 0.25) is 0 Å². The van der Waals surface area contributed by atoms with E-state index in [0.29, 0.717) is 0 Å². The molecule has 19 heavy (non-hydrogen) atoms. The van der Waals surface area contributed by atoms with Crippen LogP contribution in [0.25, 0.3) is 0 Å². The van der Waals surface area contributed by atoms with E-state index >= 15 is 0 Å². The second-order valence-corrected chi connectivity index (χ2v) is 5.28. The largest absolute Gasteiger partial charge is 0.358 e. The van der Waals surface area contributed by atoms with Crippen LogP contribution in [0.15, 0.2) is 59.8 Å². The Morgan fingerprint density at radius 3 is 2.68 bits per heavy atom. The maximum absolute atomic E-state index is 10.3. The molecule has 0 amide bonds. The normalized spacial score (nSPS) is 19.5. The molecule has 2 heteroatoms. The quantitative estimate of drug-likeness (QED) is 0.501. The second kappa shape index (κ2) is 5.27. The minimum Gasteiger partial charge on any atom is -0.358 e. The molecule has 1 N–H and O–H groups in total. The van der Waals surface area contributed by atoms with Gasteiger partial charge in [-0.05, 0) is 36.3 Å². The molecular formula is C17H19NO.